The number of thioether (sulfide) groups is 1. The second-order valence-electron chi connectivity index (χ2n) is 5.76. The van der Waals surface area contributed by atoms with E-state index in [9.17, 15) is 9.59 Å². The fourth-order valence-corrected chi connectivity index (χ4v) is 3.86. The number of carbonyl (C=O) groups excluding carboxylic acids is 2. The van der Waals surface area contributed by atoms with Gasteiger partial charge in [0.25, 0.3) is 11.8 Å². The van der Waals surface area contributed by atoms with Crippen molar-refractivity contribution in [2.45, 2.75) is 0 Å². The van der Waals surface area contributed by atoms with Crippen molar-refractivity contribution in [1.82, 2.24) is 5.32 Å². The maximum atomic E-state index is 12.7. The van der Waals surface area contributed by atoms with Gasteiger partial charge in [-0.25, -0.2) is 4.99 Å². The van der Waals surface area contributed by atoms with E-state index in [0.717, 1.165) is 11.3 Å². The largest absolute Gasteiger partial charge is 0.497 e. The summed E-state index contributed by atoms with van der Waals surface area (Å²) in [5.74, 6) is 0.179. The van der Waals surface area contributed by atoms with Crippen LogP contribution in [0.5, 0.6) is 5.75 Å². The minimum Gasteiger partial charge on any atom is -0.497 e. The van der Waals surface area contributed by atoms with Crippen LogP contribution in [0.2, 0.25) is 0 Å². The summed E-state index contributed by atoms with van der Waals surface area (Å²) < 4.78 is 5.18. The Balaban J connectivity index is 1.73. The van der Waals surface area contributed by atoms with E-state index in [2.05, 4.69) is 10.3 Å². The van der Waals surface area contributed by atoms with Crippen molar-refractivity contribution in [2.24, 2.45) is 4.99 Å². The molecule has 0 radical (unpaired) electrons. The molecule has 2 aliphatic rings. The second-order valence-corrected chi connectivity index (χ2v) is 6.76. The lowest BCUT2D eigenvalue weighted by atomic mass is 10.1. The van der Waals surface area contributed by atoms with Gasteiger partial charge >= 0.3 is 0 Å². The molecule has 0 aromatic heterocycles. The standard InChI is InChI=1S/C19H15N3O3S/c1-22-14-9-4-3-8-13(14)15(18(22)24)16-17(23)21-19(26-16)20-11-6-5-7-12(10-11)25-2/h3-10H,1-2H3,(H,20,21,23). The fourth-order valence-electron chi connectivity index (χ4n) is 2.92. The third kappa shape index (κ3) is 2.66. The molecule has 2 aliphatic heterocycles. The van der Waals surface area contributed by atoms with Crippen LogP contribution >= 0.6 is 11.8 Å². The molecule has 0 aliphatic carbocycles. The minimum absolute atomic E-state index is 0.188. The highest BCUT2D eigenvalue weighted by molar-refractivity contribution is 8.18. The van der Waals surface area contributed by atoms with Gasteiger partial charge in [0.05, 0.1) is 29.0 Å². The molecule has 2 aromatic carbocycles. The highest BCUT2D eigenvalue weighted by atomic mass is 32.2. The van der Waals surface area contributed by atoms with Crippen LogP contribution in [0.1, 0.15) is 5.56 Å². The average Bonchev–Trinajstić information content (AvgIpc) is 3.13. The van der Waals surface area contributed by atoms with Gasteiger partial charge in [-0.1, -0.05) is 24.3 Å². The number of ether oxygens (including phenoxy) is 1. The first-order valence-corrected chi connectivity index (χ1v) is 8.74. The van der Waals surface area contributed by atoms with Gasteiger partial charge in [-0.05, 0) is 30.0 Å². The Hall–Kier alpha value is -3.06. The van der Waals surface area contributed by atoms with E-state index < -0.39 is 0 Å². The number of aliphatic imine (C=N–C) groups is 1. The van der Waals surface area contributed by atoms with Gasteiger partial charge in [-0.3, -0.25) is 9.59 Å². The molecule has 2 aromatic rings. The number of hydrogen-bond donors (Lipinski definition) is 1. The second kappa shape index (κ2) is 6.34. The fraction of sp³-hybridized carbons (Fsp3) is 0.105. The quantitative estimate of drug-likeness (QED) is 0.831. The number of benzene rings is 2. The molecule has 0 saturated carbocycles. The van der Waals surface area contributed by atoms with Gasteiger partial charge in [-0.15, -0.1) is 0 Å². The Morgan fingerprint density at radius 2 is 1.92 bits per heavy atom. The van der Waals surface area contributed by atoms with Gasteiger partial charge in [0.2, 0.25) is 0 Å². The monoisotopic (exact) mass is 365 g/mol. The molecule has 2 heterocycles. The third-order valence-corrected chi connectivity index (χ3v) is 5.17. The summed E-state index contributed by atoms with van der Waals surface area (Å²) in [6, 6.07) is 14.7. The van der Waals surface area contributed by atoms with Gasteiger partial charge in [0.15, 0.2) is 5.17 Å². The van der Waals surface area contributed by atoms with Crippen LogP contribution in [0.15, 0.2) is 58.4 Å². The van der Waals surface area contributed by atoms with Crippen LogP contribution in [-0.4, -0.2) is 31.1 Å². The van der Waals surface area contributed by atoms with E-state index in [-0.39, 0.29) is 11.8 Å². The molecule has 7 heteroatoms. The van der Waals surface area contributed by atoms with Crippen LogP contribution in [0.25, 0.3) is 5.57 Å². The Kier molecular flexibility index (Phi) is 4.00. The van der Waals surface area contributed by atoms with E-state index in [1.807, 2.05) is 42.5 Å². The van der Waals surface area contributed by atoms with Gasteiger partial charge in [0, 0.05) is 18.7 Å². The molecule has 2 amide bonds. The number of fused-ring (bicyclic) bond motifs is 1. The zero-order valence-electron chi connectivity index (χ0n) is 14.1. The van der Waals surface area contributed by atoms with Crippen molar-refractivity contribution < 1.29 is 14.3 Å². The lowest BCUT2D eigenvalue weighted by Gasteiger charge is -2.08. The first-order chi connectivity index (χ1) is 12.6. The lowest BCUT2D eigenvalue weighted by molar-refractivity contribution is -0.116. The number of anilines is 1. The predicted octanol–water partition coefficient (Wildman–Crippen LogP) is 2.93. The number of carbonyl (C=O) groups is 2. The highest BCUT2D eigenvalue weighted by Crippen LogP contribution is 2.42. The van der Waals surface area contributed by atoms with Gasteiger partial charge < -0.3 is 15.0 Å². The summed E-state index contributed by atoms with van der Waals surface area (Å²) in [6.07, 6.45) is 0. The topological polar surface area (TPSA) is 71.0 Å². The average molecular weight is 365 g/mol. The number of likely N-dealkylation sites (N-methyl/N-ethyl adjacent to an activating group) is 1. The van der Waals surface area contributed by atoms with Crippen molar-refractivity contribution in [3.63, 3.8) is 0 Å². The molecule has 0 unspecified atom stereocenters. The first-order valence-electron chi connectivity index (χ1n) is 7.92. The number of hydrogen-bond acceptors (Lipinski definition) is 5. The molecule has 6 nitrogen and oxygen atoms in total. The summed E-state index contributed by atoms with van der Waals surface area (Å²) in [5, 5.41) is 3.17. The molecule has 1 N–H and O–H groups in total. The van der Waals surface area contributed by atoms with Crippen molar-refractivity contribution in [2.75, 3.05) is 19.1 Å². The Bertz CT molecular complexity index is 997. The summed E-state index contributed by atoms with van der Waals surface area (Å²) in [4.78, 5) is 31.5. The molecule has 130 valence electrons. The predicted molar refractivity (Wildman–Crippen MR) is 103 cm³/mol. The molecular formula is C19H15N3O3S. The van der Waals surface area contributed by atoms with Crippen LogP contribution < -0.4 is 15.0 Å². The van der Waals surface area contributed by atoms with Gasteiger partial charge in [0.1, 0.15) is 5.75 Å². The molecule has 4 rings (SSSR count). The number of para-hydroxylation sites is 1. The molecule has 1 saturated heterocycles. The van der Waals surface area contributed by atoms with Crippen molar-refractivity contribution in [1.29, 1.82) is 0 Å². The van der Waals surface area contributed by atoms with E-state index in [4.69, 9.17) is 4.74 Å². The Morgan fingerprint density at radius 1 is 1.12 bits per heavy atom. The van der Waals surface area contributed by atoms with Crippen molar-refractivity contribution >= 4 is 45.7 Å². The van der Waals surface area contributed by atoms with Crippen LogP contribution in [0, 0.1) is 0 Å². The molecular weight excluding hydrogens is 350 g/mol. The summed E-state index contributed by atoms with van der Waals surface area (Å²) >= 11 is 1.17. The SMILES string of the molecule is COc1cccc(N=C2NC(=O)C(=C3C(=O)N(C)c4ccccc43)S2)c1. The van der Waals surface area contributed by atoms with Crippen LogP contribution in [-0.2, 0) is 9.59 Å². The lowest BCUT2D eigenvalue weighted by Crippen LogP contribution is -2.23. The number of rotatable bonds is 2. The van der Waals surface area contributed by atoms with Crippen molar-refractivity contribution in [3.05, 3.63) is 59.0 Å². The van der Waals surface area contributed by atoms with E-state index in [1.165, 1.54) is 11.8 Å². The Morgan fingerprint density at radius 3 is 2.73 bits per heavy atom. The number of methoxy groups -OCH3 is 1. The van der Waals surface area contributed by atoms with E-state index in [1.54, 1.807) is 25.1 Å². The Labute approximate surface area is 154 Å². The van der Waals surface area contributed by atoms with E-state index in [0.29, 0.717) is 27.1 Å². The smallest absolute Gasteiger partial charge is 0.264 e. The normalized spacial score (nSPS) is 20.5. The van der Waals surface area contributed by atoms with Crippen LogP contribution in [0.3, 0.4) is 0 Å². The van der Waals surface area contributed by atoms with E-state index >= 15 is 0 Å². The summed E-state index contributed by atoms with van der Waals surface area (Å²) in [6.45, 7) is 0. The zero-order valence-corrected chi connectivity index (χ0v) is 15.0. The zero-order chi connectivity index (χ0) is 18.3. The maximum absolute atomic E-state index is 12.7. The van der Waals surface area contributed by atoms with Crippen molar-refractivity contribution in [3.8, 4) is 5.75 Å². The highest BCUT2D eigenvalue weighted by Gasteiger charge is 2.37. The van der Waals surface area contributed by atoms with Crippen LogP contribution in [0.4, 0.5) is 11.4 Å². The molecule has 0 spiro atoms. The first kappa shape index (κ1) is 16.4. The maximum Gasteiger partial charge on any atom is 0.264 e. The number of nitrogens with zero attached hydrogens (tertiary/aromatic N) is 2. The molecule has 0 atom stereocenters. The van der Waals surface area contributed by atoms with Gasteiger partial charge in [-0.2, -0.15) is 0 Å². The molecule has 1 fully saturated rings. The molecule has 0 bridgehead atoms. The summed E-state index contributed by atoms with van der Waals surface area (Å²) in [7, 11) is 3.29. The minimum atomic E-state index is -0.315. The third-order valence-electron chi connectivity index (χ3n) is 4.19. The summed E-state index contributed by atoms with van der Waals surface area (Å²) in [5.41, 5.74) is 2.64. The molecule has 26 heavy (non-hydrogen) atoms. The number of nitrogens with one attached hydrogen (secondary N) is 1. The number of amides is 2. The number of amidine groups is 1.